The fourth-order valence-corrected chi connectivity index (χ4v) is 3.88. The zero-order valence-corrected chi connectivity index (χ0v) is 11.7. The number of aliphatic hydroxyl groups excluding tert-OH is 1. The molecule has 104 valence electrons. The van der Waals surface area contributed by atoms with E-state index in [1.54, 1.807) is 0 Å². The highest BCUT2D eigenvalue weighted by Crippen LogP contribution is 2.45. The first kappa shape index (κ1) is 13.1. The summed E-state index contributed by atoms with van der Waals surface area (Å²) in [6.07, 6.45) is 6.47. The topological polar surface area (TPSA) is 23.5 Å². The van der Waals surface area contributed by atoms with Gasteiger partial charge in [-0.15, -0.1) is 0 Å². The van der Waals surface area contributed by atoms with Crippen molar-refractivity contribution in [3.63, 3.8) is 0 Å². The molecule has 0 bridgehead atoms. The molecule has 2 aliphatic rings. The van der Waals surface area contributed by atoms with Gasteiger partial charge >= 0.3 is 0 Å². The van der Waals surface area contributed by atoms with Crippen LogP contribution < -0.4 is 0 Å². The summed E-state index contributed by atoms with van der Waals surface area (Å²) in [6.45, 7) is 4.01. The second-order valence-corrected chi connectivity index (χ2v) is 6.57. The summed E-state index contributed by atoms with van der Waals surface area (Å²) in [5.74, 6) is 0.578. The van der Waals surface area contributed by atoms with Crippen molar-refractivity contribution in [3.8, 4) is 0 Å². The Labute approximate surface area is 116 Å². The average molecular weight is 259 g/mol. The molecule has 0 aromatic heterocycles. The molecule has 0 atom stereocenters. The van der Waals surface area contributed by atoms with Crippen LogP contribution in [0.3, 0.4) is 0 Å². The van der Waals surface area contributed by atoms with Gasteiger partial charge in [0, 0.05) is 19.7 Å². The fraction of sp³-hybridized carbons (Fsp3) is 0.647. The number of hydrogen-bond donors (Lipinski definition) is 1. The van der Waals surface area contributed by atoms with Crippen LogP contribution in [0.25, 0.3) is 0 Å². The minimum atomic E-state index is 0.393. The normalized spacial score (nSPS) is 31.9. The molecular weight excluding hydrogens is 234 g/mol. The Hall–Kier alpha value is -0.860. The van der Waals surface area contributed by atoms with E-state index in [0.717, 1.165) is 6.54 Å². The molecule has 0 unspecified atom stereocenters. The molecule has 2 nitrogen and oxygen atoms in total. The summed E-state index contributed by atoms with van der Waals surface area (Å²) in [6, 6.07) is 10.8. The number of benzene rings is 1. The van der Waals surface area contributed by atoms with Gasteiger partial charge in [-0.1, -0.05) is 30.3 Å². The van der Waals surface area contributed by atoms with E-state index < -0.39 is 0 Å². The van der Waals surface area contributed by atoms with E-state index in [9.17, 15) is 5.11 Å². The lowest BCUT2D eigenvalue weighted by molar-refractivity contribution is 0.110. The highest BCUT2D eigenvalue weighted by molar-refractivity contribution is 5.14. The number of rotatable bonds is 3. The quantitative estimate of drug-likeness (QED) is 0.902. The van der Waals surface area contributed by atoms with Gasteiger partial charge in [0.2, 0.25) is 0 Å². The van der Waals surface area contributed by atoms with Crippen LogP contribution in [-0.2, 0) is 6.54 Å². The van der Waals surface area contributed by atoms with Gasteiger partial charge < -0.3 is 5.11 Å². The highest BCUT2D eigenvalue weighted by Gasteiger charge is 2.40. The summed E-state index contributed by atoms with van der Waals surface area (Å²) in [5.41, 5.74) is 2.00. The average Bonchev–Trinajstić information content (AvgIpc) is 2.84. The second kappa shape index (κ2) is 5.64. The van der Waals surface area contributed by atoms with Crippen LogP contribution in [0.5, 0.6) is 0 Å². The minimum absolute atomic E-state index is 0.393. The Morgan fingerprint density at radius 3 is 2.53 bits per heavy atom. The first-order valence-corrected chi connectivity index (χ1v) is 7.67. The maximum absolute atomic E-state index is 9.26. The van der Waals surface area contributed by atoms with E-state index in [0.29, 0.717) is 17.9 Å². The van der Waals surface area contributed by atoms with E-state index >= 15 is 0 Å². The molecular formula is C17H25NO. The molecule has 19 heavy (non-hydrogen) atoms. The van der Waals surface area contributed by atoms with Crippen molar-refractivity contribution in [1.29, 1.82) is 0 Å². The van der Waals surface area contributed by atoms with E-state index in [1.807, 2.05) is 0 Å². The van der Waals surface area contributed by atoms with Crippen LogP contribution >= 0.6 is 0 Å². The van der Waals surface area contributed by atoms with E-state index in [4.69, 9.17) is 0 Å². The number of likely N-dealkylation sites (tertiary alicyclic amines) is 1. The van der Waals surface area contributed by atoms with Gasteiger partial charge in [-0.25, -0.2) is 0 Å². The van der Waals surface area contributed by atoms with Crippen LogP contribution in [0.15, 0.2) is 30.3 Å². The van der Waals surface area contributed by atoms with E-state index in [-0.39, 0.29) is 0 Å². The molecule has 1 heterocycles. The van der Waals surface area contributed by atoms with Crippen molar-refractivity contribution in [2.24, 2.45) is 11.3 Å². The molecule has 0 amide bonds. The first-order valence-electron chi connectivity index (χ1n) is 7.67. The van der Waals surface area contributed by atoms with Crippen molar-refractivity contribution in [3.05, 3.63) is 35.9 Å². The second-order valence-electron chi connectivity index (χ2n) is 6.57. The molecule has 1 aliphatic heterocycles. The molecule has 2 fully saturated rings. The largest absolute Gasteiger partial charge is 0.396 e. The first-order chi connectivity index (χ1) is 9.30. The zero-order valence-electron chi connectivity index (χ0n) is 11.7. The van der Waals surface area contributed by atoms with Crippen LogP contribution in [0.1, 0.15) is 37.7 Å². The predicted octanol–water partition coefficient (Wildman–Crippen LogP) is 3.06. The minimum Gasteiger partial charge on any atom is -0.396 e. The summed E-state index contributed by atoms with van der Waals surface area (Å²) < 4.78 is 0. The molecule has 1 aromatic rings. The SMILES string of the molecule is OCC1CCC2(CC1)CCN(Cc1ccccc1)C2. The van der Waals surface area contributed by atoms with Gasteiger partial charge in [-0.2, -0.15) is 0 Å². The van der Waals surface area contributed by atoms with Gasteiger partial charge in [-0.3, -0.25) is 4.90 Å². The molecule has 1 N–H and O–H groups in total. The Morgan fingerprint density at radius 1 is 1.11 bits per heavy atom. The molecule has 0 radical (unpaired) electrons. The zero-order chi connectivity index (χ0) is 13.1. The molecule has 1 saturated heterocycles. The Morgan fingerprint density at radius 2 is 1.84 bits per heavy atom. The predicted molar refractivity (Wildman–Crippen MR) is 77.8 cm³/mol. The van der Waals surface area contributed by atoms with Gasteiger partial charge in [0.15, 0.2) is 0 Å². The lowest BCUT2D eigenvalue weighted by atomic mass is 9.70. The maximum atomic E-state index is 9.26. The number of hydrogen-bond acceptors (Lipinski definition) is 2. The van der Waals surface area contributed by atoms with Crippen LogP contribution in [0.2, 0.25) is 0 Å². The van der Waals surface area contributed by atoms with Crippen molar-refractivity contribution in [2.45, 2.75) is 38.6 Å². The van der Waals surface area contributed by atoms with Crippen molar-refractivity contribution >= 4 is 0 Å². The summed E-state index contributed by atoms with van der Waals surface area (Å²) in [7, 11) is 0. The lowest BCUT2D eigenvalue weighted by Crippen LogP contribution is -2.32. The molecule has 1 aliphatic carbocycles. The number of aliphatic hydroxyl groups is 1. The molecule has 1 aromatic carbocycles. The molecule has 2 heteroatoms. The van der Waals surface area contributed by atoms with Crippen LogP contribution in [0.4, 0.5) is 0 Å². The Balaban J connectivity index is 1.56. The monoisotopic (exact) mass is 259 g/mol. The van der Waals surface area contributed by atoms with E-state index in [1.165, 1.54) is 50.8 Å². The Bertz CT molecular complexity index is 395. The highest BCUT2D eigenvalue weighted by atomic mass is 16.3. The smallest absolute Gasteiger partial charge is 0.0459 e. The van der Waals surface area contributed by atoms with Gasteiger partial charge in [0.1, 0.15) is 0 Å². The lowest BCUT2D eigenvalue weighted by Gasteiger charge is -2.36. The van der Waals surface area contributed by atoms with Gasteiger partial charge in [-0.05, 0) is 55.5 Å². The number of nitrogens with zero attached hydrogens (tertiary/aromatic N) is 1. The maximum Gasteiger partial charge on any atom is 0.0459 e. The standard InChI is InChI=1S/C17H25NO/c19-13-16-6-8-17(9-7-16)10-11-18(14-17)12-15-4-2-1-3-5-15/h1-5,16,19H,6-14H2. The molecule has 1 spiro atoms. The summed E-state index contributed by atoms with van der Waals surface area (Å²) in [4.78, 5) is 2.62. The third kappa shape index (κ3) is 3.01. The Kier molecular flexibility index (Phi) is 3.90. The molecule has 1 saturated carbocycles. The van der Waals surface area contributed by atoms with E-state index in [2.05, 4.69) is 35.2 Å². The summed E-state index contributed by atoms with van der Waals surface area (Å²) in [5, 5.41) is 9.26. The van der Waals surface area contributed by atoms with Crippen LogP contribution in [0, 0.1) is 11.3 Å². The van der Waals surface area contributed by atoms with Crippen molar-refractivity contribution < 1.29 is 5.11 Å². The van der Waals surface area contributed by atoms with Gasteiger partial charge in [0.25, 0.3) is 0 Å². The third-order valence-electron chi connectivity index (χ3n) is 5.19. The molecule has 3 rings (SSSR count). The third-order valence-corrected chi connectivity index (χ3v) is 5.19. The van der Waals surface area contributed by atoms with Crippen molar-refractivity contribution in [1.82, 2.24) is 4.90 Å². The van der Waals surface area contributed by atoms with Crippen molar-refractivity contribution in [2.75, 3.05) is 19.7 Å². The van der Waals surface area contributed by atoms with Crippen LogP contribution in [-0.4, -0.2) is 29.7 Å². The van der Waals surface area contributed by atoms with Gasteiger partial charge in [0.05, 0.1) is 0 Å². The summed E-state index contributed by atoms with van der Waals surface area (Å²) >= 11 is 0. The fourth-order valence-electron chi connectivity index (χ4n) is 3.88.